The number of hydrogen-bond acceptors (Lipinski definition) is 2. The number of nitrogens with zero attached hydrogens (tertiary/aromatic N) is 2. The molecule has 0 aliphatic heterocycles. The molecule has 0 fully saturated rings. The molecular weight excluding hydrogens is 374 g/mol. The van der Waals surface area contributed by atoms with Crippen LogP contribution in [-0.2, 0) is 0 Å². The Balaban J connectivity index is 2.59. The molecule has 0 N–H and O–H groups in total. The summed E-state index contributed by atoms with van der Waals surface area (Å²) in [4.78, 5) is 7.65. The van der Waals surface area contributed by atoms with Crippen molar-refractivity contribution in [1.29, 1.82) is 0 Å². The van der Waals surface area contributed by atoms with Crippen LogP contribution in [0, 0.1) is 9.39 Å². The molecule has 1 aromatic heterocycles. The maximum atomic E-state index is 13.6. The second kappa shape index (κ2) is 4.52. The molecular formula is C10H5BrFIN2. The lowest BCUT2D eigenvalue weighted by Crippen LogP contribution is -1.93. The average Bonchev–Trinajstić information content (AvgIpc) is 2.22. The summed E-state index contributed by atoms with van der Waals surface area (Å²) < 4.78 is 14.9. The van der Waals surface area contributed by atoms with Crippen molar-refractivity contribution in [3.63, 3.8) is 0 Å². The minimum absolute atomic E-state index is 0.186. The van der Waals surface area contributed by atoms with Gasteiger partial charge in [0.05, 0.1) is 0 Å². The second-order valence-electron chi connectivity index (χ2n) is 2.84. The predicted molar refractivity (Wildman–Crippen MR) is 67.8 cm³/mol. The zero-order chi connectivity index (χ0) is 10.8. The number of aromatic nitrogens is 2. The Labute approximate surface area is 108 Å². The van der Waals surface area contributed by atoms with Gasteiger partial charge in [0.2, 0.25) is 0 Å². The van der Waals surface area contributed by atoms with Crippen LogP contribution in [0.2, 0.25) is 0 Å². The lowest BCUT2D eigenvalue weighted by Gasteiger charge is -2.03. The molecule has 0 amide bonds. The topological polar surface area (TPSA) is 25.8 Å². The van der Waals surface area contributed by atoms with Gasteiger partial charge in [-0.2, -0.15) is 0 Å². The Morgan fingerprint density at radius 2 is 2.07 bits per heavy atom. The highest BCUT2D eigenvalue weighted by molar-refractivity contribution is 14.1. The molecule has 2 aromatic rings. The van der Waals surface area contributed by atoms with Crippen LogP contribution >= 0.6 is 38.5 Å². The van der Waals surface area contributed by atoms with Crippen molar-refractivity contribution in [2.24, 2.45) is 0 Å². The third-order valence-corrected chi connectivity index (χ3v) is 3.07. The Morgan fingerprint density at radius 3 is 2.80 bits per heavy atom. The number of benzene rings is 1. The van der Waals surface area contributed by atoms with E-state index in [9.17, 15) is 4.39 Å². The molecule has 0 spiro atoms. The molecule has 0 unspecified atom stereocenters. The van der Waals surface area contributed by atoms with Crippen LogP contribution in [0.25, 0.3) is 11.3 Å². The monoisotopic (exact) mass is 378 g/mol. The molecule has 5 heteroatoms. The Kier molecular flexibility index (Phi) is 3.30. The van der Waals surface area contributed by atoms with E-state index in [1.165, 1.54) is 6.33 Å². The van der Waals surface area contributed by atoms with Crippen LogP contribution in [0.5, 0.6) is 0 Å². The molecule has 1 aromatic carbocycles. The van der Waals surface area contributed by atoms with E-state index in [4.69, 9.17) is 0 Å². The fourth-order valence-electron chi connectivity index (χ4n) is 1.19. The van der Waals surface area contributed by atoms with E-state index in [0.717, 1.165) is 9.13 Å². The molecule has 0 aliphatic rings. The summed E-state index contributed by atoms with van der Waals surface area (Å²) in [5.74, 6) is -0.431. The first-order chi connectivity index (χ1) is 7.18. The molecule has 2 rings (SSSR count). The van der Waals surface area contributed by atoms with Crippen LogP contribution < -0.4 is 0 Å². The lowest BCUT2D eigenvalue weighted by atomic mass is 10.1. The Bertz CT molecular complexity index is 505. The van der Waals surface area contributed by atoms with Crippen LogP contribution in [0.4, 0.5) is 4.39 Å². The average molecular weight is 379 g/mol. The third kappa shape index (κ3) is 2.34. The van der Waals surface area contributed by atoms with Crippen molar-refractivity contribution in [2.45, 2.75) is 0 Å². The second-order valence-corrected chi connectivity index (χ2v) is 4.83. The van der Waals surface area contributed by atoms with Crippen molar-refractivity contribution in [3.8, 4) is 11.3 Å². The zero-order valence-electron chi connectivity index (χ0n) is 7.42. The summed E-state index contributed by atoms with van der Waals surface area (Å²) in [7, 11) is 0. The summed E-state index contributed by atoms with van der Waals surface area (Å²) in [6.45, 7) is 0. The Hall–Kier alpha value is -0.560. The van der Waals surface area contributed by atoms with Crippen LogP contribution in [-0.4, -0.2) is 9.97 Å². The predicted octanol–water partition coefficient (Wildman–Crippen LogP) is 3.65. The van der Waals surface area contributed by atoms with E-state index in [-0.39, 0.29) is 4.60 Å². The maximum Gasteiger partial charge on any atom is 0.182 e. The van der Waals surface area contributed by atoms with Crippen molar-refractivity contribution in [3.05, 3.63) is 44.6 Å². The minimum Gasteiger partial charge on any atom is -0.233 e. The first kappa shape index (κ1) is 10.9. The highest BCUT2D eigenvalue weighted by Gasteiger charge is 2.10. The van der Waals surface area contributed by atoms with E-state index in [0.29, 0.717) is 5.69 Å². The highest BCUT2D eigenvalue weighted by Crippen LogP contribution is 2.24. The molecule has 2 nitrogen and oxygen atoms in total. The number of hydrogen-bond donors (Lipinski definition) is 0. The highest BCUT2D eigenvalue weighted by atomic mass is 127. The first-order valence-corrected chi connectivity index (χ1v) is 5.97. The lowest BCUT2D eigenvalue weighted by molar-refractivity contribution is 0.609. The van der Waals surface area contributed by atoms with Gasteiger partial charge in [0.1, 0.15) is 16.6 Å². The smallest absolute Gasteiger partial charge is 0.182 e. The van der Waals surface area contributed by atoms with Crippen molar-refractivity contribution >= 4 is 38.5 Å². The fraction of sp³-hybridized carbons (Fsp3) is 0. The van der Waals surface area contributed by atoms with E-state index in [1.807, 2.05) is 24.3 Å². The van der Waals surface area contributed by atoms with Gasteiger partial charge in [-0.05, 0) is 50.7 Å². The molecule has 76 valence electrons. The van der Waals surface area contributed by atoms with Crippen molar-refractivity contribution in [1.82, 2.24) is 9.97 Å². The quantitative estimate of drug-likeness (QED) is 0.559. The summed E-state index contributed by atoms with van der Waals surface area (Å²) >= 11 is 5.21. The summed E-state index contributed by atoms with van der Waals surface area (Å²) in [6.07, 6.45) is 1.34. The normalized spacial score (nSPS) is 10.3. The van der Waals surface area contributed by atoms with E-state index >= 15 is 0 Å². The van der Waals surface area contributed by atoms with E-state index in [2.05, 4.69) is 48.5 Å². The van der Waals surface area contributed by atoms with Crippen LogP contribution in [0.3, 0.4) is 0 Å². The summed E-state index contributed by atoms with van der Waals surface area (Å²) in [5.41, 5.74) is 1.07. The van der Waals surface area contributed by atoms with Gasteiger partial charge in [0.25, 0.3) is 0 Å². The molecule has 0 saturated heterocycles. The minimum atomic E-state index is -0.431. The van der Waals surface area contributed by atoms with Gasteiger partial charge >= 0.3 is 0 Å². The third-order valence-electron chi connectivity index (χ3n) is 1.84. The van der Waals surface area contributed by atoms with Gasteiger partial charge < -0.3 is 0 Å². The van der Waals surface area contributed by atoms with E-state index < -0.39 is 5.82 Å². The molecule has 0 radical (unpaired) electrons. The van der Waals surface area contributed by atoms with Crippen LogP contribution in [0.15, 0.2) is 35.2 Å². The summed E-state index contributed by atoms with van der Waals surface area (Å²) in [6, 6.07) is 7.50. The van der Waals surface area contributed by atoms with Gasteiger partial charge in [0, 0.05) is 9.13 Å². The largest absolute Gasteiger partial charge is 0.233 e. The Morgan fingerprint density at radius 1 is 1.27 bits per heavy atom. The standard InChI is InChI=1S/C10H5BrFIN2/c11-10-8(12)9(14-5-15-10)6-2-1-3-7(13)4-6/h1-5H. The molecule has 15 heavy (non-hydrogen) atoms. The molecule has 0 saturated carbocycles. The number of rotatable bonds is 1. The van der Waals surface area contributed by atoms with Crippen molar-refractivity contribution in [2.75, 3.05) is 0 Å². The zero-order valence-corrected chi connectivity index (χ0v) is 11.2. The fourth-order valence-corrected chi connectivity index (χ4v) is 2.01. The molecule has 0 atom stereocenters. The maximum absolute atomic E-state index is 13.6. The molecule has 0 aliphatic carbocycles. The number of halogens is 3. The summed E-state index contributed by atoms with van der Waals surface area (Å²) in [5, 5.41) is 0. The first-order valence-electron chi connectivity index (χ1n) is 4.10. The van der Waals surface area contributed by atoms with Crippen molar-refractivity contribution < 1.29 is 4.39 Å². The van der Waals surface area contributed by atoms with Gasteiger partial charge in [0.15, 0.2) is 5.82 Å². The van der Waals surface area contributed by atoms with Gasteiger partial charge in [-0.25, -0.2) is 14.4 Å². The van der Waals surface area contributed by atoms with Gasteiger partial charge in [-0.1, -0.05) is 12.1 Å². The SMILES string of the molecule is Fc1c(Br)ncnc1-c1cccc(I)c1. The van der Waals surface area contributed by atoms with Gasteiger partial charge in [-0.3, -0.25) is 0 Å². The van der Waals surface area contributed by atoms with Gasteiger partial charge in [-0.15, -0.1) is 0 Å². The van der Waals surface area contributed by atoms with E-state index in [1.54, 1.807) is 0 Å². The van der Waals surface area contributed by atoms with Crippen LogP contribution in [0.1, 0.15) is 0 Å². The molecule has 1 heterocycles. The molecule has 0 bridgehead atoms.